The first-order valence-electron chi connectivity index (χ1n) is 7.36. The fraction of sp³-hybridized carbons (Fsp3) is 0.438. The number of anilines is 1. The summed E-state index contributed by atoms with van der Waals surface area (Å²) >= 11 is 0. The number of nitrogens with two attached hydrogens (primary N) is 1. The van der Waals surface area contributed by atoms with Crippen molar-refractivity contribution in [3.63, 3.8) is 0 Å². The Balaban J connectivity index is 2.15. The summed E-state index contributed by atoms with van der Waals surface area (Å²) in [5, 5.41) is 18.7. The summed E-state index contributed by atoms with van der Waals surface area (Å²) in [5.74, 6) is 0.472. The molecule has 2 N–H and O–H groups in total. The highest BCUT2D eigenvalue weighted by molar-refractivity contribution is 5.93. The van der Waals surface area contributed by atoms with E-state index in [1.165, 1.54) is 0 Å². The predicted octanol–water partition coefficient (Wildman–Crippen LogP) is 2.07. The van der Waals surface area contributed by atoms with Crippen LogP contribution in [0.5, 0.6) is 0 Å². The number of fused-ring (bicyclic) bond motifs is 1. The number of nitrogens with zero attached hydrogens (tertiary/aromatic N) is 4. The molecular formula is C16H19N5. The predicted molar refractivity (Wildman–Crippen MR) is 82.8 cm³/mol. The van der Waals surface area contributed by atoms with E-state index < -0.39 is 0 Å². The molecule has 2 unspecified atom stereocenters. The number of benzene rings is 1. The van der Waals surface area contributed by atoms with Crippen molar-refractivity contribution in [1.82, 2.24) is 10.2 Å². The van der Waals surface area contributed by atoms with Crippen molar-refractivity contribution in [3.05, 3.63) is 30.0 Å². The van der Waals surface area contributed by atoms with Gasteiger partial charge in [0, 0.05) is 18.0 Å². The van der Waals surface area contributed by atoms with Crippen molar-refractivity contribution in [2.45, 2.75) is 25.8 Å². The molecule has 1 aliphatic rings. The van der Waals surface area contributed by atoms with E-state index in [2.05, 4.69) is 28.1 Å². The zero-order valence-corrected chi connectivity index (χ0v) is 12.2. The molecule has 1 saturated heterocycles. The van der Waals surface area contributed by atoms with E-state index >= 15 is 0 Å². The van der Waals surface area contributed by atoms with Crippen molar-refractivity contribution in [2.75, 3.05) is 18.0 Å². The Bertz CT molecular complexity index is 691. The first-order valence-corrected chi connectivity index (χ1v) is 7.36. The van der Waals surface area contributed by atoms with Gasteiger partial charge in [0.1, 0.15) is 6.07 Å². The summed E-state index contributed by atoms with van der Waals surface area (Å²) < 4.78 is 0. The molecule has 5 heteroatoms. The molecule has 0 saturated carbocycles. The number of piperidine rings is 1. The quantitative estimate of drug-likeness (QED) is 0.911. The minimum atomic E-state index is 0.382. The van der Waals surface area contributed by atoms with E-state index in [1.807, 2.05) is 24.3 Å². The highest BCUT2D eigenvalue weighted by atomic mass is 15.2. The molecule has 1 fully saturated rings. The summed E-state index contributed by atoms with van der Waals surface area (Å²) in [4.78, 5) is 2.29. The Hall–Kier alpha value is -2.19. The molecule has 0 radical (unpaired) electrons. The molecule has 0 bridgehead atoms. The van der Waals surface area contributed by atoms with Crippen molar-refractivity contribution in [1.29, 1.82) is 5.26 Å². The van der Waals surface area contributed by atoms with Crippen LogP contribution in [0.2, 0.25) is 0 Å². The molecule has 1 aromatic heterocycles. The van der Waals surface area contributed by atoms with Gasteiger partial charge in [0.15, 0.2) is 5.69 Å². The van der Waals surface area contributed by atoms with Gasteiger partial charge < -0.3 is 10.6 Å². The molecule has 3 rings (SSSR count). The van der Waals surface area contributed by atoms with E-state index in [0.717, 1.165) is 36.0 Å². The second-order valence-corrected chi connectivity index (χ2v) is 5.71. The van der Waals surface area contributed by atoms with Crippen LogP contribution in [0, 0.1) is 17.2 Å². The fourth-order valence-electron chi connectivity index (χ4n) is 3.09. The van der Waals surface area contributed by atoms with Crippen LogP contribution in [0.25, 0.3) is 10.9 Å². The Labute approximate surface area is 124 Å². The van der Waals surface area contributed by atoms with Gasteiger partial charge in [-0.1, -0.05) is 18.2 Å². The molecule has 2 heterocycles. The molecule has 2 aromatic rings. The molecule has 0 spiro atoms. The van der Waals surface area contributed by atoms with Gasteiger partial charge in [-0.2, -0.15) is 5.26 Å². The lowest BCUT2D eigenvalue weighted by Crippen LogP contribution is -2.44. The van der Waals surface area contributed by atoms with Crippen molar-refractivity contribution in [2.24, 2.45) is 11.7 Å². The first kappa shape index (κ1) is 13.8. The lowest BCUT2D eigenvalue weighted by atomic mass is 9.92. The second kappa shape index (κ2) is 5.66. The molecule has 21 heavy (non-hydrogen) atoms. The minimum Gasteiger partial charge on any atom is -0.366 e. The molecule has 1 aromatic carbocycles. The maximum atomic E-state index is 9.41. The van der Waals surface area contributed by atoms with E-state index in [0.29, 0.717) is 24.2 Å². The maximum absolute atomic E-state index is 9.41. The van der Waals surface area contributed by atoms with Crippen LogP contribution in [-0.4, -0.2) is 29.3 Å². The molecule has 5 nitrogen and oxygen atoms in total. The summed E-state index contributed by atoms with van der Waals surface area (Å²) in [6.07, 6.45) is 2.23. The fourth-order valence-corrected chi connectivity index (χ4v) is 3.09. The monoisotopic (exact) mass is 281 g/mol. The van der Waals surface area contributed by atoms with Crippen molar-refractivity contribution >= 4 is 16.6 Å². The van der Waals surface area contributed by atoms with E-state index in [1.54, 1.807) is 0 Å². The van der Waals surface area contributed by atoms with Gasteiger partial charge in [-0.05, 0) is 38.3 Å². The normalized spacial score (nSPS) is 22.2. The minimum absolute atomic E-state index is 0.382. The van der Waals surface area contributed by atoms with Gasteiger partial charge in [0.05, 0.1) is 11.2 Å². The lowest BCUT2D eigenvalue weighted by molar-refractivity contribution is 0.374. The van der Waals surface area contributed by atoms with Crippen LogP contribution in [0.15, 0.2) is 24.3 Å². The highest BCUT2D eigenvalue weighted by Gasteiger charge is 2.28. The average Bonchev–Trinajstić information content (AvgIpc) is 2.54. The van der Waals surface area contributed by atoms with Crippen LogP contribution < -0.4 is 10.6 Å². The number of hydrogen-bond acceptors (Lipinski definition) is 5. The third kappa shape index (κ3) is 2.43. The molecule has 108 valence electrons. The van der Waals surface area contributed by atoms with Crippen molar-refractivity contribution in [3.8, 4) is 6.07 Å². The topological polar surface area (TPSA) is 78.8 Å². The Morgan fingerprint density at radius 1 is 1.33 bits per heavy atom. The number of hydrogen-bond donors (Lipinski definition) is 1. The zero-order valence-electron chi connectivity index (χ0n) is 12.2. The van der Waals surface area contributed by atoms with Crippen molar-refractivity contribution < 1.29 is 0 Å². The SMILES string of the molecule is CC1CCC(CN)CN1c1c(C#N)nnc2ccccc12. The van der Waals surface area contributed by atoms with Gasteiger partial charge in [0.25, 0.3) is 0 Å². The maximum Gasteiger partial charge on any atom is 0.187 e. The number of rotatable bonds is 2. The van der Waals surface area contributed by atoms with Gasteiger partial charge in [-0.25, -0.2) is 0 Å². The summed E-state index contributed by atoms with van der Waals surface area (Å²) in [7, 11) is 0. The van der Waals surface area contributed by atoms with Crippen LogP contribution in [-0.2, 0) is 0 Å². The van der Waals surface area contributed by atoms with Crippen LogP contribution in [0.1, 0.15) is 25.5 Å². The van der Waals surface area contributed by atoms with Crippen LogP contribution >= 0.6 is 0 Å². The Morgan fingerprint density at radius 3 is 2.90 bits per heavy atom. The molecule has 2 atom stereocenters. The lowest BCUT2D eigenvalue weighted by Gasteiger charge is -2.39. The Morgan fingerprint density at radius 2 is 2.14 bits per heavy atom. The molecule has 0 aliphatic carbocycles. The van der Waals surface area contributed by atoms with E-state index in [-0.39, 0.29) is 0 Å². The summed E-state index contributed by atoms with van der Waals surface area (Å²) in [5.41, 5.74) is 7.99. The summed E-state index contributed by atoms with van der Waals surface area (Å²) in [6, 6.07) is 10.4. The van der Waals surface area contributed by atoms with E-state index in [9.17, 15) is 5.26 Å². The van der Waals surface area contributed by atoms with Crippen LogP contribution in [0.4, 0.5) is 5.69 Å². The molecule has 0 amide bonds. The van der Waals surface area contributed by atoms with Gasteiger partial charge >= 0.3 is 0 Å². The molecule has 1 aliphatic heterocycles. The van der Waals surface area contributed by atoms with Gasteiger partial charge in [-0.15, -0.1) is 10.2 Å². The van der Waals surface area contributed by atoms with Gasteiger partial charge in [-0.3, -0.25) is 0 Å². The average molecular weight is 281 g/mol. The largest absolute Gasteiger partial charge is 0.366 e. The first-order chi connectivity index (χ1) is 10.2. The number of aromatic nitrogens is 2. The second-order valence-electron chi connectivity index (χ2n) is 5.71. The third-order valence-corrected chi connectivity index (χ3v) is 4.35. The summed E-state index contributed by atoms with van der Waals surface area (Å²) in [6.45, 7) is 3.76. The number of nitriles is 1. The standard InChI is InChI=1S/C16H19N5/c1-11-6-7-12(8-17)10-21(11)16-13-4-2-3-5-14(13)19-20-15(16)9-18/h2-5,11-12H,6-8,10,17H2,1H3. The molecular weight excluding hydrogens is 262 g/mol. The third-order valence-electron chi connectivity index (χ3n) is 4.35. The van der Waals surface area contributed by atoms with Crippen LogP contribution in [0.3, 0.4) is 0 Å². The Kier molecular flexibility index (Phi) is 3.72. The highest BCUT2D eigenvalue weighted by Crippen LogP contribution is 2.33. The smallest absolute Gasteiger partial charge is 0.187 e. The van der Waals surface area contributed by atoms with E-state index in [4.69, 9.17) is 5.73 Å². The zero-order chi connectivity index (χ0) is 14.8. The van der Waals surface area contributed by atoms with Gasteiger partial charge in [0.2, 0.25) is 0 Å².